The zero-order chi connectivity index (χ0) is 34.0. The van der Waals surface area contributed by atoms with E-state index in [-0.39, 0.29) is 25.7 Å². The summed E-state index contributed by atoms with van der Waals surface area (Å²) in [5.41, 5.74) is 5.34. The summed E-state index contributed by atoms with van der Waals surface area (Å²) in [6.45, 7) is 4.04. The highest BCUT2D eigenvalue weighted by Gasteiger charge is 2.26. The molecule has 0 rings (SSSR count). The number of hydrogen-bond acceptors (Lipinski definition) is 6. The SMILES string of the molecule is CCCC/C=C/CC/C=C/CC/C=C/C(O)C(COP(=O)(O)OCCN)NC(=O)CCCCCCCCCCCCCCCCC. The van der Waals surface area contributed by atoms with Gasteiger partial charge in [0.05, 0.1) is 25.4 Å². The molecule has 0 aliphatic carbocycles. The highest BCUT2D eigenvalue weighted by Crippen LogP contribution is 2.43. The van der Waals surface area contributed by atoms with Crippen LogP contribution in [0, 0.1) is 0 Å². The zero-order valence-corrected chi connectivity index (χ0v) is 30.4. The fourth-order valence-electron chi connectivity index (χ4n) is 5.09. The van der Waals surface area contributed by atoms with Gasteiger partial charge in [-0.2, -0.15) is 0 Å². The number of phosphoric acid groups is 1. The predicted molar refractivity (Wildman–Crippen MR) is 194 cm³/mol. The molecule has 0 bridgehead atoms. The lowest BCUT2D eigenvalue weighted by atomic mass is 10.0. The maximum absolute atomic E-state index is 12.7. The number of nitrogens with two attached hydrogens (primary N) is 1. The van der Waals surface area contributed by atoms with Crippen LogP contribution < -0.4 is 11.1 Å². The Bertz CT molecular complexity index is 820. The van der Waals surface area contributed by atoms with Gasteiger partial charge in [-0.15, -0.1) is 0 Å². The van der Waals surface area contributed by atoms with Gasteiger partial charge in [-0.3, -0.25) is 13.8 Å². The van der Waals surface area contributed by atoms with Crippen LogP contribution in [0.4, 0.5) is 0 Å². The van der Waals surface area contributed by atoms with Gasteiger partial charge in [-0.25, -0.2) is 4.57 Å². The molecule has 0 aromatic rings. The van der Waals surface area contributed by atoms with Gasteiger partial charge in [0.1, 0.15) is 0 Å². The van der Waals surface area contributed by atoms with E-state index in [1.165, 1.54) is 89.9 Å². The van der Waals surface area contributed by atoms with Crippen LogP contribution in [0.5, 0.6) is 0 Å². The maximum Gasteiger partial charge on any atom is 0.472 e. The molecule has 3 atom stereocenters. The number of nitrogens with one attached hydrogen (secondary N) is 1. The Labute approximate surface area is 282 Å². The van der Waals surface area contributed by atoms with Crippen LogP contribution in [-0.4, -0.2) is 47.8 Å². The molecule has 0 saturated heterocycles. The molecule has 270 valence electrons. The molecular formula is C37H71N2O6P. The Kier molecular flexibility index (Phi) is 32.7. The van der Waals surface area contributed by atoms with Crippen molar-refractivity contribution in [1.82, 2.24) is 5.32 Å². The average molecular weight is 671 g/mol. The molecular weight excluding hydrogens is 599 g/mol. The number of hydrogen-bond donors (Lipinski definition) is 4. The van der Waals surface area contributed by atoms with E-state index in [0.29, 0.717) is 6.42 Å². The van der Waals surface area contributed by atoms with Crippen molar-refractivity contribution in [3.05, 3.63) is 36.5 Å². The second-order valence-electron chi connectivity index (χ2n) is 12.4. The fraction of sp³-hybridized carbons (Fsp3) is 0.811. The van der Waals surface area contributed by atoms with Crippen LogP contribution in [0.3, 0.4) is 0 Å². The molecule has 5 N–H and O–H groups in total. The van der Waals surface area contributed by atoms with E-state index in [4.69, 9.17) is 14.8 Å². The quantitative estimate of drug-likeness (QED) is 0.0305. The summed E-state index contributed by atoms with van der Waals surface area (Å²) in [5, 5.41) is 13.5. The lowest BCUT2D eigenvalue weighted by Crippen LogP contribution is -2.45. The summed E-state index contributed by atoms with van der Waals surface area (Å²) in [6, 6.07) is -0.878. The first-order valence-electron chi connectivity index (χ1n) is 18.6. The predicted octanol–water partition coefficient (Wildman–Crippen LogP) is 9.61. The number of rotatable bonds is 34. The first-order valence-corrected chi connectivity index (χ1v) is 20.1. The van der Waals surface area contributed by atoms with Gasteiger partial charge in [0.25, 0.3) is 0 Å². The first kappa shape index (κ1) is 44.7. The molecule has 0 aliphatic heterocycles. The Hall–Kier alpha value is -1.28. The molecule has 0 radical (unpaired) electrons. The summed E-state index contributed by atoms with van der Waals surface area (Å²) >= 11 is 0. The number of carbonyl (C=O) groups is 1. The zero-order valence-electron chi connectivity index (χ0n) is 29.6. The minimum absolute atomic E-state index is 0.0722. The Morgan fingerprint density at radius 3 is 1.65 bits per heavy atom. The second kappa shape index (κ2) is 33.6. The van der Waals surface area contributed by atoms with E-state index in [1.54, 1.807) is 6.08 Å². The number of phosphoric ester groups is 1. The minimum atomic E-state index is -4.34. The van der Waals surface area contributed by atoms with Gasteiger partial charge in [0, 0.05) is 13.0 Å². The fourth-order valence-corrected chi connectivity index (χ4v) is 5.85. The molecule has 0 aromatic carbocycles. The minimum Gasteiger partial charge on any atom is -0.387 e. The van der Waals surface area contributed by atoms with Gasteiger partial charge >= 0.3 is 7.82 Å². The van der Waals surface area contributed by atoms with Crippen molar-refractivity contribution in [3.63, 3.8) is 0 Å². The number of aliphatic hydroxyl groups is 1. The summed E-state index contributed by atoms with van der Waals surface area (Å²) in [6.07, 6.45) is 37.6. The molecule has 1 amide bonds. The van der Waals surface area contributed by atoms with Crippen molar-refractivity contribution in [1.29, 1.82) is 0 Å². The molecule has 0 saturated carbocycles. The molecule has 0 aliphatic rings. The van der Waals surface area contributed by atoms with Crippen molar-refractivity contribution in [2.24, 2.45) is 5.73 Å². The standard InChI is InChI=1S/C37H71N2O6P/c1-3-5-7-9-11-13-15-17-18-19-21-23-25-27-29-31-37(41)39-35(34-45-46(42,43)44-33-32-38)36(40)30-28-26-24-22-20-16-14-12-10-8-6-4-2/h10,12,20,22,28,30,35-36,40H,3-9,11,13-19,21,23-27,29,31-34,38H2,1-2H3,(H,39,41)(H,42,43)/b12-10+,22-20+,30-28+. The monoisotopic (exact) mass is 671 g/mol. The molecule has 0 fully saturated rings. The van der Waals surface area contributed by atoms with Gasteiger partial charge in [-0.05, 0) is 38.5 Å². The number of carbonyl (C=O) groups excluding carboxylic acids is 1. The number of unbranched alkanes of at least 4 members (excludes halogenated alkanes) is 18. The van der Waals surface area contributed by atoms with Crippen LogP contribution in [0.15, 0.2) is 36.5 Å². The number of allylic oxidation sites excluding steroid dienone is 5. The summed E-state index contributed by atoms with van der Waals surface area (Å²) in [4.78, 5) is 22.6. The van der Waals surface area contributed by atoms with Crippen molar-refractivity contribution in [2.45, 2.75) is 174 Å². The third kappa shape index (κ3) is 31.3. The first-order chi connectivity index (χ1) is 22.4. The third-order valence-corrected chi connectivity index (χ3v) is 8.93. The molecule has 9 heteroatoms. The highest BCUT2D eigenvalue weighted by atomic mass is 31.2. The molecule has 8 nitrogen and oxygen atoms in total. The molecule has 0 spiro atoms. The topological polar surface area (TPSA) is 131 Å². The van der Waals surface area contributed by atoms with Gasteiger partial charge in [0.15, 0.2) is 0 Å². The number of amides is 1. The number of aliphatic hydroxyl groups excluding tert-OH is 1. The summed E-state index contributed by atoms with van der Waals surface area (Å²) < 4.78 is 22.0. The van der Waals surface area contributed by atoms with E-state index in [2.05, 4.69) is 43.5 Å². The van der Waals surface area contributed by atoms with Crippen molar-refractivity contribution in [2.75, 3.05) is 19.8 Å². The Morgan fingerprint density at radius 2 is 1.15 bits per heavy atom. The summed E-state index contributed by atoms with van der Waals surface area (Å²) in [5.74, 6) is -0.210. The lowest BCUT2D eigenvalue weighted by molar-refractivity contribution is -0.123. The van der Waals surface area contributed by atoms with Crippen molar-refractivity contribution in [3.8, 4) is 0 Å². The third-order valence-electron chi connectivity index (χ3n) is 7.95. The summed E-state index contributed by atoms with van der Waals surface area (Å²) in [7, 11) is -4.34. The van der Waals surface area contributed by atoms with E-state index in [9.17, 15) is 19.4 Å². The van der Waals surface area contributed by atoms with Crippen LogP contribution in [0.2, 0.25) is 0 Å². The van der Waals surface area contributed by atoms with E-state index in [0.717, 1.165) is 51.4 Å². The lowest BCUT2D eigenvalue weighted by Gasteiger charge is -2.23. The van der Waals surface area contributed by atoms with Crippen molar-refractivity contribution >= 4 is 13.7 Å². The molecule has 46 heavy (non-hydrogen) atoms. The second-order valence-corrected chi connectivity index (χ2v) is 13.9. The Morgan fingerprint density at radius 1 is 0.696 bits per heavy atom. The van der Waals surface area contributed by atoms with E-state index < -0.39 is 20.0 Å². The normalized spacial score (nSPS) is 14.8. The molecule has 3 unspecified atom stereocenters. The highest BCUT2D eigenvalue weighted by molar-refractivity contribution is 7.47. The average Bonchev–Trinajstić information content (AvgIpc) is 3.04. The molecule has 0 aromatic heterocycles. The van der Waals surface area contributed by atoms with Crippen LogP contribution >= 0.6 is 7.82 Å². The van der Waals surface area contributed by atoms with Gasteiger partial charge < -0.3 is 21.1 Å². The van der Waals surface area contributed by atoms with E-state index in [1.807, 2.05) is 6.08 Å². The van der Waals surface area contributed by atoms with Gasteiger partial charge in [0.2, 0.25) is 5.91 Å². The van der Waals surface area contributed by atoms with E-state index >= 15 is 0 Å². The largest absolute Gasteiger partial charge is 0.472 e. The van der Waals surface area contributed by atoms with Crippen LogP contribution in [-0.2, 0) is 18.4 Å². The smallest absolute Gasteiger partial charge is 0.387 e. The van der Waals surface area contributed by atoms with Gasteiger partial charge in [-0.1, -0.05) is 153 Å². The van der Waals surface area contributed by atoms with Crippen LogP contribution in [0.25, 0.3) is 0 Å². The van der Waals surface area contributed by atoms with Crippen molar-refractivity contribution < 1.29 is 28.4 Å². The van der Waals surface area contributed by atoms with Crippen LogP contribution in [0.1, 0.15) is 162 Å². The molecule has 0 heterocycles. The Balaban J connectivity index is 4.36. The maximum atomic E-state index is 12.7.